The molecule has 2 aliphatic heterocycles. The van der Waals surface area contributed by atoms with Gasteiger partial charge in [0.15, 0.2) is 0 Å². The molecular formula is C31H34BrNO4. The second-order valence-electron chi connectivity index (χ2n) is 10.4. The summed E-state index contributed by atoms with van der Waals surface area (Å²) < 4.78 is 6.64. The monoisotopic (exact) mass is 563 g/mol. The first-order valence-electron chi connectivity index (χ1n) is 12.9. The van der Waals surface area contributed by atoms with Crippen molar-refractivity contribution in [1.29, 1.82) is 0 Å². The summed E-state index contributed by atoms with van der Waals surface area (Å²) in [5.41, 5.74) is 3.76. The number of hydrogen-bond acceptors (Lipinski definition) is 4. The predicted molar refractivity (Wildman–Crippen MR) is 139 cm³/mol. The highest BCUT2D eigenvalue weighted by Gasteiger charge is 2.53. The Kier molecular flexibility index (Phi) is 8.63. The van der Waals surface area contributed by atoms with Gasteiger partial charge in [0.1, 0.15) is 18.6 Å². The lowest BCUT2D eigenvalue weighted by molar-refractivity contribution is -0.941. The molecule has 0 aromatic heterocycles. The number of fused-ring (bicyclic) bond motifs is 2. The summed E-state index contributed by atoms with van der Waals surface area (Å²) in [4.78, 5) is 26.2. The Hall–Kier alpha value is -2.80. The molecular weight excluding hydrogens is 530 g/mol. The molecule has 3 aromatic rings. The maximum atomic E-state index is 13.3. The van der Waals surface area contributed by atoms with E-state index in [1.807, 2.05) is 72.8 Å². The molecule has 2 fully saturated rings. The molecule has 194 valence electrons. The normalized spacial score (nSPS) is 25.1. The summed E-state index contributed by atoms with van der Waals surface area (Å²) in [6.45, 7) is 0.192. The van der Waals surface area contributed by atoms with Crippen molar-refractivity contribution < 1.29 is 40.9 Å². The number of likely N-dealkylation sites (N-methyl/N-ethyl adjacent to an activating group) is 1. The molecule has 0 spiro atoms. The van der Waals surface area contributed by atoms with E-state index in [1.54, 1.807) is 0 Å². The minimum absolute atomic E-state index is 0. The number of benzene rings is 3. The minimum Gasteiger partial charge on any atom is -1.00 e. The van der Waals surface area contributed by atoms with Crippen LogP contribution < -0.4 is 17.0 Å². The highest BCUT2D eigenvalue weighted by molar-refractivity contribution is 5.97. The van der Waals surface area contributed by atoms with E-state index in [0.29, 0.717) is 18.6 Å². The average Bonchev–Trinajstić information content (AvgIpc) is 3.06. The number of aliphatic hydroxyl groups excluding tert-OH is 1. The van der Waals surface area contributed by atoms with Crippen molar-refractivity contribution in [1.82, 2.24) is 0 Å². The highest BCUT2D eigenvalue weighted by Crippen LogP contribution is 2.42. The van der Waals surface area contributed by atoms with Gasteiger partial charge >= 0.3 is 5.97 Å². The summed E-state index contributed by atoms with van der Waals surface area (Å²) in [7, 11) is 2.19. The smallest absolute Gasteiger partial charge is 0.316 e. The summed E-state index contributed by atoms with van der Waals surface area (Å²) in [5, 5.41) is 9.83. The highest BCUT2D eigenvalue weighted by atomic mass is 79.9. The van der Waals surface area contributed by atoms with Crippen LogP contribution in [-0.2, 0) is 9.53 Å². The lowest BCUT2D eigenvalue weighted by atomic mass is 9.94. The van der Waals surface area contributed by atoms with Gasteiger partial charge in [-0.05, 0) is 16.7 Å². The number of esters is 1. The molecule has 3 atom stereocenters. The summed E-state index contributed by atoms with van der Waals surface area (Å²) >= 11 is 0. The number of ether oxygens (including phenoxy) is 1. The molecule has 0 saturated carbocycles. The number of carbonyl (C=O) groups excluding carboxylic acids is 2. The van der Waals surface area contributed by atoms with Crippen molar-refractivity contribution in [3.63, 3.8) is 0 Å². The number of carbonyl (C=O) groups is 2. The number of ketones is 1. The third-order valence-electron chi connectivity index (χ3n) is 8.32. The maximum absolute atomic E-state index is 13.3. The standard InChI is InChI=1S/C31H34NO4.BrH/c1-32(20-30(34)25-14-12-23(13-15-25)22-8-4-2-5-9-22)26-16-17-27(32)19-28(18-26)36-31(35)29(21-33)24-10-6-3-7-11-24;/h2-15,26-29,33H,16-21H2,1H3;1H/q+1;/p-1/t26?,27?,28?,29-,32?;/m1./s1. The van der Waals surface area contributed by atoms with Crippen LogP contribution in [0.5, 0.6) is 0 Å². The van der Waals surface area contributed by atoms with Gasteiger partial charge in [0.25, 0.3) is 0 Å². The minimum atomic E-state index is -0.660. The SMILES string of the molecule is C[N+]1(CC(=O)c2ccc(-c3ccccc3)cc2)C2CCC1CC(OC(=O)[C@H](CO)c1ccccc1)C2.[Br-]. The second kappa shape index (κ2) is 11.7. The second-order valence-corrected chi connectivity index (χ2v) is 10.4. The van der Waals surface area contributed by atoms with Gasteiger partial charge in [-0.3, -0.25) is 9.59 Å². The van der Waals surface area contributed by atoms with Crippen LogP contribution in [0.1, 0.15) is 47.5 Å². The molecule has 2 unspecified atom stereocenters. The summed E-state index contributed by atoms with van der Waals surface area (Å²) in [6.07, 6.45) is 3.42. The molecule has 37 heavy (non-hydrogen) atoms. The zero-order chi connectivity index (χ0) is 25.1. The fourth-order valence-electron chi connectivity index (χ4n) is 6.18. The maximum Gasteiger partial charge on any atom is 0.316 e. The number of quaternary nitrogens is 1. The molecule has 2 bridgehead atoms. The van der Waals surface area contributed by atoms with Gasteiger partial charge in [-0.15, -0.1) is 0 Å². The van der Waals surface area contributed by atoms with Crippen molar-refractivity contribution in [2.75, 3.05) is 20.2 Å². The average molecular weight is 565 g/mol. The van der Waals surface area contributed by atoms with E-state index in [0.717, 1.165) is 52.4 Å². The van der Waals surface area contributed by atoms with E-state index >= 15 is 0 Å². The number of nitrogens with zero attached hydrogens (tertiary/aromatic N) is 1. The molecule has 1 N–H and O–H groups in total. The molecule has 2 aliphatic rings. The van der Waals surface area contributed by atoms with E-state index < -0.39 is 5.92 Å². The summed E-state index contributed by atoms with van der Waals surface area (Å²) in [6, 6.07) is 28.0. The zero-order valence-corrected chi connectivity index (χ0v) is 22.7. The van der Waals surface area contributed by atoms with E-state index in [-0.39, 0.29) is 41.4 Å². The summed E-state index contributed by atoms with van der Waals surface area (Å²) in [5.74, 6) is -0.861. The first kappa shape index (κ1) is 27.2. The van der Waals surface area contributed by atoms with Crippen molar-refractivity contribution in [3.05, 3.63) is 96.1 Å². The van der Waals surface area contributed by atoms with E-state index in [1.165, 1.54) is 0 Å². The quantitative estimate of drug-likeness (QED) is 0.259. The molecule has 5 nitrogen and oxygen atoms in total. The largest absolute Gasteiger partial charge is 1.00 e. The number of hydrogen-bond donors (Lipinski definition) is 1. The van der Waals surface area contributed by atoms with Crippen molar-refractivity contribution >= 4 is 11.8 Å². The van der Waals surface area contributed by atoms with Crippen LogP contribution in [0.2, 0.25) is 0 Å². The van der Waals surface area contributed by atoms with Crippen LogP contribution in [0, 0.1) is 0 Å². The Bertz CT molecular complexity index is 1180. The van der Waals surface area contributed by atoms with E-state index in [2.05, 4.69) is 19.2 Å². The van der Waals surface area contributed by atoms with Gasteiger partial charge in [-0.25, -0.2) is 0 Å². The number of piperidine rings is 1. The molecule has 0 aliphatic carbocycles. The van der Waals surface area contributed by atoms with Gasteiger partial charge < -0.3 is 31.3 Å². The van der Waals surface area contributed by atoms with Crippen LogP contribution in [0.15, 0.2) is 84.9 Å². The first-order chi connectivity index (χ1) is 17.5. The van der Waals surface area contributed by atoms with E-state index in [9.17, 15) is 14.7 Å². The predicted octanol–water partition coefficient (Wildman–Crippen LogP) is 2.00. The van der Waals surface area contributed by atoms with E-state index in [4.69, 9.17) is 4.74 Å². The van der Waals surface area contributed by atoms with Crippen LogP contribution >= 0.6 is 0 Å². The van der Waals surface area contributed by atoms with Crippen molar-refractivity contribution in [2.45, 2.75) is 49.8 Å². The zero-order valence-electron chi connectivity index (χ0n) is 21.1. The Morgan fingerprint density at radius 1 is 0.865 bits per heavy atom. The Morgan fingerprint density at radius 3 is 1.97 bits per heavy atom. The third kappa shape index (κ3) is 5.71. The fraction of sp³-hybridized carbons (Fsp3) is 0.355. The number of Topliss-reactive ketones (excluding diaryl/α,β-unsaturated/α-hetero) is 1. The molecule has 6 heteroatoms. The number of rotatable bonds is 8. The Labute approximate surface area is 229 Å². The Morgan fingerprint density at radius 2 is 1.41 bits per heavy atom. The van der Waals surface area contributed by atoms with Gasteiger partial charge in [-0.1, -0.05) is 84.9 Å². The molecule has 0 radical (unpaired) electrons. The lowest BCUT2D eigenvalue weighted by Gasteiger charge is -2.46. The van der Waals surface area contributed by atoms with Crippen LogP contribution in [-0.4, -0.2) is 59.7 Å². The van der Waals surface area contributed by atoms with Gasteiger partial charge in [-0.2, -0.15) is 0 Å². The molecule has 2 heterocycles. The first-order valence-corrected chi connectivity index (χ1v) is 12.9. The van der Waals surface area contributed by atoms with Crippen molar-refractivity contribution in [3.8, 4) is 11.1 Å². The molecule has 5 rings (SSSR count). The van der Waals surface area contributed by atoms with Gasteiger partial charge in [0.05, 0.1) is 25.7 Å². The Balaban J connectivity index is 0.00000320. The third-order valence-corrected chi connectivity index (χ3v) is 8.32. The van der Waals surface area contributed by atoms with Gasteiger partial charge in [0.2, 0.25) is 5.78 Å². The van der Waals surface area contributed by atoms with Crippen LogP contribution in [0.25, 0.3) is 11.1 Å². The molecule has 0 amide bonds. The van der Waals surface area contributed by atoms with Gasteiger partial charge in [0, 0.05) is 31.2 Å². The molecule has 2 saturated heterocycles. The number of halogens is 1. The van der Waals surface area contributed by atoms with Crippen molar-refractivity contribution in [2.24, 2.45) is 0 Å². The van der Waals surface area contributed by atoms with Crippen LogP contribution in [0.3, 0.4) is 0 Å². The fourth-order valence-corrected chi connectivity index (χ4v) is 6.18. The topological polar surface area (TPSA) is 63.6 Å². The molecule has 3 aromatic carbocycles. The number of aliphatic hydroxyl groups is 1. The van der Waals surface area contributed by atoms with Crippen LogP contribution in [0.4, 0.5) is 0 Å². The lowest BCUT2D eigenvalue weighted by Crippen LogP contribution is -3.00.